The molecule has 0 bridgehead atoms. The molecule has 17 heavy (non-hydrogen) atoms. The van der Waals surface area contributed by atoms with Gasteiger partial charge in [0.05, 0.1) is 0 Å². The molecule has 2 saturated carbocycles. The Morgan fingerprint density at radius 1 is 1.29 bits per heavy atom. The fraction of sp³-hybridized carbons (Fsp3) is 1.00. The first kappa shape index (κ1) is 10.8. The van der Waals surface area contributed by atoms with Crippen LogP contribution in [0.4, 0.5) is 4.39 Å². The van der Waals surface area contributed by atoms with Crippen molar-refractivity contribution in [2.75, 3.05) is 13.1 Å². The Labute approximate surface area is 104 Å². The quantitative estimate of drug-likeness (QED) is 0.711. The first-order chi connectivity index (χ1) is 8.02. The SMILES string of the molecule is CC(C)C[C@]12C[C@]3(C[C@H]3F)CN1CCC21CC1. The van der Waals surface area contributed by atoms with Gasteiger partial charge in [0.2, 0.25) is 0 Å². The summed E-state index contributed by atoms with van der Waals surface area (Å²) in [7, 11) is 0. The largest absolute Gasteiger partial charge is 0.296 e. The van der Waals surface area contributed by atoms with E-state index in [9.17, 15) is 4.39 Å². The zero-order chi connectivity index (χ0) is 11.9. The summed E-state index contributed by atoms with van der Waals surface area (Å²) in [5, 5.41) is 0. The second-order valence-corrected chi connectivity index (χ2v) is 7.79. The van der Waals surface area contributed by atoms with E-state index in [1.54, 1.807) is 0 Å². The third kappa shape index (κ3) is 1.18. The predicted molar refractivity (Wildman–Crippen MR) is 66.6 cm³/mol. The molecule has 0 N–H and O–H groups in total. The second-order valence-electron chi connectivity index (χ2n) is 7.79. The molecular weight excluding hydrogens is 213 g/mol. The topological polar surface area (TPSA) is 3.24 Å². The summed E-state index contributed by atoms with van der Waals surface area (Å²) < 4.78 is 13.7. The van der Waals surface area contributed by atoms with Gasteiger partial charge in [-0.15, -0.1) is 0 Å². The Morgan fingerprint density at radius 3 is 2.53 bits per heavy atom. The normalized spacial score (nSPS) is 50.5. The molecule has 0 aromatic rings. The van der Waals surface area contributed by atoms with Crippen LogP contribution in [-0.2, 0) is 0 Å². The van der Waals surface area contributed by atoms with Crippen LogP contribution in [0.1, 0.15) is 52.4 Å². The lowest BCUT2D eigenvalue weighted by atomic mass is 9.72. The molecule has 0 aromatic heterocycles. The summed E-state index contributed by atoms with van der Waals surface area (Å²) in [6.07, 6.45) is 7.10. The predicted octanol–water partition coefficient (Wildman–Crippen LogP) is 3.39. The maximum Gasteiger partial charge on any atom is 0.108 e. The van der Waals surface area contributed by atoms with Crippen LogP contribution in [0.5, 0.6) is 0 Å². The molecule has 1 nitrogen and oxygen atoms in total. The van der Waals surface area contributed by atoms with Gasteiger partial charge in [-0.3, -0.25) is 4.90 Å². The van der Waals surface area contributed by atoms with Crippen LogP contribution < -0.4 is 0 Å². The minimum Gasteiger partial charge on any atom is -0.296 e. The van der Waals surface area contributed by atoms with Crippen molar-refractivity contribution in [3.8, 4) is 0 Å². The van der Waals surface area contributed by atoms with Crippen LogP contribution in [-0.4, -0.2) is 29.7 Å². The maximum absolute atomic E-state index is 13.7. The van der Waals surface area contributed by atoms with Gasteiger partial charge in [-0.25, -0.2) is 4.39 Å². The van der Waals surface area contributed by atoms with Crippen LogP contribution >= 0.6 is 0 Å². The lowest BCUT2D eigenvalue weighted by Crippen LogP contribution is -2.45. The van der Waals surface area contributed by atoms with E-state index in [1.807, 2.05) is 0 Å². The summed E-state index contributed by atoms with van der Waals surface area (Å²) in [5.74, 6) is 0.750. The van der Waals surface area contributed by atoms with Gasteiger partial charge in [-0.05, 0) is 56.4 Å². The highest BCUT2D eigenvalue weighted by Crippen LogP contribution is 2.73. The van der Waals surface area contributed by atoms with E-state index in [2.05, 4.69) is 18.7 Å². The van der Waals surface area contributed by atoms with E-state index in [4.69, 9.17) is 0 Å². The van der Waals surface area contributed by atoms with Gasteiger partial charge >= 0.3 is 0 Å². The van der Waals surface area contributed by atoms with Gasteiger partial charge in [0.1, 0.15) is 6.17 Å². The van der Waals surface area contributed by atoms with Crippen LogP contribution in [0, 0.1) is 16.7 Å². The van der Waals surface area contributed by atoms with Crippen molar-refractivity contribution in [2.45, 2.75) is 64.1 Å². The molecular formula is C15H24FN. The highest BCUT2D eigenvalue weighted by atomic mass is 19.1. The third-order valence-electron chi connectivity index (χ3n) is 6.29. The summed E-state index contributed by atoms with van der Waals surface area (Å²) in [4.78, 5) is 2.71. The molecule has 2 saturated heterocycles. The molecule has 0 radical (unpaired) electrons. The van der Waals surface area contributed by atoms with E-state index in [0.29, 0.717) is 11.0 Å². The van der Waals surface area contributed by atoms with Crippen molar-refractivity contribution in [2.24, 2.45) is 16.7 Å². The van der Waals surface area contributed by atoms with Gasteiger partial charge in [0, 0.05) is 17.5 Å². The first-order valence-electron chi connectivity index (χ1n) is 7.41. The lowest BCUT2D eigenvalue weighted by molar-refractivity contribution is 0.107. The average molecular weight is 237 g/mol. The Balaban J connectivity index is 1.69. The van der Waals surface area contributed by atoms with Gasteiger partial charge in [0.25, 0.3) is 0 Å². The maximum atomic E-state index is 13.7. The van der Waals surface area contributed by atoms with Gasteiger partial charge < -0.3 is 0 Å². The van der Waals surface area contributed by atoms with Crippen molar-refractivity contribution >= 4 is 0 Å². The summed E-state index contributed by atoms with van der Waals surface area (Å²) in [6, 6.07) is 0. The Hall–Kier alpha value is -0.110. The smallest absolute Gasteiger partial charge is 0.108 e. The molecule has 2 aliphatic carbocycles. The molecule has 4 fully saturated rings. The molecule has 0 amide bonds. The van der Waals surface area contributed by atoms with Crippen molar-refractivity contribution in [3.63, 3.8) is 0 Å². The van der Waals surface area contributed by atoms with E-state index in [0.717, 1.165) is 18.9 Å². The van der Waals surface area contributed by atoms with Crippen LogP contribution in [0.3, 0.4) is 0 Å². The van der Waals surface area contributed by atoms with E-state index >= 15 is 0 Å². The number of hydrogen-bond acceptors (Lipinski definition) is 1. The molecule has 96 valence electrons. The molecule has 0 aromatic carbocycles. The van der Waals surface area contributed by atoms with Crippen LogP contribution in [0.2, 0.25) is 0 Å². The van der Waals surface area contributed by atoms with Crippen molar-refractivity contribution in [3.05, 3.63) is 0 Å². The number of halogens is 1. The number of hydrogen-bond donors (Lipinski definition) is 0. The Kier molecular flexibility index (Phi) is 1.84. The molecule has 2 aliphatic heterocycles. The number of nitrogens with zero attached hydrogens (tertiary/aromatic N) is 1. The lowest BCUT2D eigenvalue weighted by Gasteiger charge is -2.39. The zero-order valence-electron chi connectivity index (χ0n) is 11.1. The molecule has 2 spiro atoms. The zero-order valence-corrected chi connectivity index (χ0v) is 11.1. The average Bonchev–Trinajstić information content (AvgIpc) is 3.06. The third-order valence-corrected chi connectivity index (χ3v) is 6.29. The van der Waals surface area contributed by atoms with E-state index in [1.165, 1.54) is 38.6 Å². The fourth-order valence-electron chi connectivity index (χ4n) is 5.28. The van der Waals surface area contributed by atoms with Gasteiger partial charge in [0.15, 0.2) is 0 Å². The van der Waals surface area contributed by atoms with Gasteiger partial charge in [-0.2, -0.15) is 0 Å². The standard InChI is InChI=1S/C15H24FN/c1-11(2)7-15-9-13(8-12(13)16)10-17(15)6-5-14(15)3-4-14/h11-12H,3-10H2,1-2H3/t12-,13-,15-/m1/s1. The van der Waals surface area contributed by atoms with Crippen molar-refractivity contribution < 1.29 is 4.39 Å². The minimum atomic E-state index is -0.479. The minimum absolute atomic E-state index is 0.102. The molecule has 4 aliphatic rings. The van der Waals surface area contributed by atoms with E-state index < -0.39 is 6.17 Å². The molecule has 2 heterocycles. The van der Waals surface area contributed by atoms with Crippen LogP contribution in [0.25, 0.3) is 0 Å². The number of fused-ring (bicyclic) bond motifs is 2. The summed E-state index contributed by atoms with van der Waals surface area (Å²) in [6.45, 7) is 7.00. The highest BCUT2D eigenvalue weighted by Gasteiger charge is 2.74. The number of rotatable bonds is 2. The monoisotopic (exact) mass is 237 g/mol. The second kappa shape index (κ2) is 2.89. The molecule has 2 heteroatoms. The Bertz CT molecular complexity index is 362. The highest BCUT2D eigenvalue weighted by molar-refractivity contribution is 5.27. The first-order valence-corrected chi connectivity index (χ1v) is 7.41. The van der Waals surface area contributed by atoms with Gasteiger partial charge in [-0.1, -0.05) is 13.8 Å². The molecule has 4 rings (SSSR count). The van der Waals surface area contributed by atoms with Crippen molar-refractivity contribution in [1.29, 1.82) is 0 Å². The fourth-order valence-corrected chi connectivity index (χ4v) is 5.28. The molecule has 0 unspecified atom stereocenters. The summed E-state index contributed by atoms with van der Waals surface area (Å²) >= 11 is 0. The summed E-state index contributed by atoms with van der Waals surface area (Å²) in [5.41, 5.74) is 1.12. The van der Waals surface area contributed by atoms with Crippen molar-refractivity contribution in [1.82, 2.24) is 4.90 Å². The Morgan fingerprint density at radius 2 is 2.00 bits per heavy atom. The number of alkyl halides is 1. The van der Waals surface area contributed by atoms with Crippen LogP contribution in [0.15, 0.2) is 0 Å². The van der Waals surface area contributed by atoms with E-state index in [-0.39, 0.29) is 5.41 Å². The molecule has 3 atom stereocenters.